The summed E-state index contributed by atoms with van der Waals surface area (Å²) >= 11 is 3.43. The molecule has 1 amide bonds. The number of aliphatic hydroxyl groups is 1. The molecule has 0 saturated carbocycles. The number of carbonyl (C=O) groups is 1. The Hall–Kier alpha value is -0.950. The van der Waals surface area contributed by atoms with E-state index in [1.807, 2.05) is 30.0 Å². The Morgan fingerprint density at radius 2 is 2.40 bits per heavy atom. The van der Waals surface area contributed by atoms with Gasteiger partial charge in [0, 0.05) is 23.2 Å². The van der Waals surface area contributed by atoms with E-state index in [4.69, 9.17) is 9.84 Å². The van der Waals surface area contributed by atoms with Crippen LogP contribution in [0.4, 0.5) is 5.69 Å². The molecule has 0 radical (unpaired) electrons. The van der Waals surface area contributed by atoms with E-state index in [9.17, 15) is 4.79 Å². The lowest BCUT2D eigenvalue weighted by molar-refractivity contribution is -0.120. The van der Waals surface area contributed by atoms with Gasteiger partial charge in [-0.15, -0.1) is 0 Å². The Labute approximate surface area is 127 Å². The molecule has 2 rings (SSSR count). The van der Waals surface area contributed by atoms with E-state index in [0.717, 1.165) is 15.7 Å². The van der Waals surface area contributed by atoms with Crippen LogP contribution >= 0.6 is 15.9 Å². The van der Waals surface area contributed by atoms with E-state index in [1.165, 1.54) is 0 Å². The second-order valence-corrected chi connectivity index (χ2v) is 5.78. The standard InChI is InChI=1S/C14H19BrN2O3/c1-10-6-11(2-3-13(10)15)16-14(19)8-17-4-5-20-12(7-17)9-18/h2-3,6,12,18H,4-5,7-9H2,1H3,(H,16,19). The molecular formula is C14H19BrN2O3. The first-order chi connectivity index (χ1) is 9.58. The molecule has 0 bridgehead atoms. The molecule has 1 saturated heterocycles. The van der Waals surface area contributed by atoms with E-state index in [1.54, 1.807) is 0 Å². The van der Waals surface area contributed by atoms with Crippen molar-refractivity contribution in [2.75, 3.05) is 38.2 Å². The fraction of sp³-hybridized carbons (Fsp3) is 0.500. The van der Waals surface area contributed by atoms with Gasteiger partial charge in [0.2, 0.25) is 5.91 Å². The average Bonchev–Trinajstić information content (AvgIpc) is 2.43. The average molecular weight is 343 g/mol. The van der Waals surface area contributed by atoms with E-state index in [2.05, 4.69) is 21.2 Å². The van der Waals surface area contributed by atoms with E-state index < -0.39 is 0 Å². The largest absolute Gasteiger partial charge is 0.394 e. The molecule has 1 unspecified atom stereocenters. The molecule has 0 aromatic heterocycles. The number of morpholine rings is 1. The van der Waals surface area contributed by atoms with Gasteiger partial charge in [0.15, 0.2) is 0 Å². The summed E-state index contributed by atoms with van der Waals surface area (Å²) < 4.78 is 6.38. The van der Waals surface area contributed by atoms with Crippen molar-refractivity contribution in [3.05, 3.63) is 28.2 Å². The van der Waals surface area contributed by atoms with Crippen molar-refractivity contribution < 1.29 is 14.6 Å². The van der Waals surface area contributed by atoms with Crippen LogP contribution < -0.4 is 5.32 Å². The maximum absolute atomic E-state index is 12.0. The molecule has 6 heteroatoms. The quantitative estimate of drug-likeness (QED) is 0.867. The fourth-order valence-corrected chi connectivity index (χ4v) is 2.41. The number of nitrogens with one attached hydrogen (secondary N) is 1. The SMILES string of the molecule is Cc1cc(NC(=O)CN2CCOC(CO)C2)ccc1Br. The van der Waals surface area contributed by atoms with Crippen molar-refractivity contribution in [2.45, 2.75) is 13.0 Å². The van der Waals surface area contributed by atoms with Crippen molar-refractivity contribution in [1.82, 2.24) is 4.90 Å². The minimum absolute atomic E-state index is 0.00989. The normalized spacial score (nSPS) is 19.9. The Balaban J connectivity index is 1.87. The third kappa shape index (κ3) is 4.28. The highest BCUT2D eigenvalue weighted by atomic mass is 79.9. The van der Waals surface area contributed by atoms with Crippen LogP contribution in [-0.2, 0) is 9.53 Å². The first kappa shape index (κ1) is 15.4. The van der Waals surface area contributed by atoms with Crippen LogP contribution in [0.15, 0.2) is 22.7 Å². The van der Waals surface area contributed by atoms with Crippen molar-refractivity contribution in [3.8, 4) is 0 Å². The molecule has 5 nitrogen and oxygen atoms in total. The summed E-state index contributed by atoms with van der Waals surface area (Å²) in [6.45, 7) is 4.13. The molecule has 2 N–H and O–H groups in total. The predicted octanol–water partition coefficient (Wildman–Crippen LogP) is 1.39. The van der Waals surface area contributed by atoms with Crippen LogP contribution in [0.2, 0.25) is 0 Å². The number of benzene rings is 1. The number of aliphatic hydroxyl groups excluding tert-OH is 1. The number of anilines is 1. The molecule has 1 aliphatic rings. The molecule has 1 aromatic carbocycles. The van der Waals surface area contributed by atoms with Crippen LogP contribution in [0, 0.1) is 6.92 Å². The van der Waals surface area contributed by atoms with Gasteiger partial charge in [0.1, 0.15) is 0 Å². The van der Waals surface area contributed by atoms with E-state index in [0.29, 0.717) is 26.2 Å². The third-order valence-corrected chi connectivity index (χ3v) is 4.13. The minimum Gasteiger partial charge on any atom is -0.394 e. The van der Waals surface area contributed by atoms with Gasteiger partial charge in [0.05, 0.1) is 25.9 Å². The molecule has 1 atom stereocenters. The first-order valence-electron chi connectivity index (χ1n) is 6.59. The van der Waals surface area contributed by atoms with Crippen LogP contribution in [0.25, 0.3) is 0 Å². The second-order valence-electron chi connectivity index (χ2n) is 4.92. The molecular weight excluding hydrogens is 324 g/mol. The molecule has 1 aromatic rings. The Kier molecular flexibility index (Phi) is 5.54. The highest BCUT2D eigenvalue weighted by Gasteiger charge is 2.21. The molecule has 1 fully saturated rings. The van der Waals surface area contributed by atoms with Gasteiger partial charge in [-0.2, -0.15) is 0 Å². The van der Waals surface area contributed by atoms with Crippen LogP contribution in [0.3, 0.4) is 0 Å². The summed E-state index contributed by atoms with van der Waals surface area (Å²) in [6, 6.07) is 5.71. The lowest BCUT2D eigenvalue weighted by Gasteiger charge is -2.31. The summed E-state index contributed by atoms with van der Waals surface area (Å²) in [5.41, 5.74) is 1.87. The Bertz CT molecular complexity index is 481. The summed E-state index contributed by atoms with van der Waals surface area (Å²) in [7, 11) is 0. The predicted molar refractivity (Wildman–Crippen MR) is 80.8 cm³/mol. The number of amides is 1. The molecule has 110 valence electrons. The monoisotopic (exact) mass is 342 g/mol. The van der Waals surface area contributed by atoms with Gasteiger partial charge in [-0.05, 0) is 30.7 Å². The van der Waals surface area contributed by atoms with Crippen molar-refractivity contribution in [1.29, 1.82) is 0 Å². The highest BCUT2D eigenvalue weighted by Crippen LogP contribution is 2.20. The Morgan fingerprint density at radius 3 is 3.10 bits per heavy atom. The van der Waals surface area contributed by atoms with Gasteiger partial charge in [-0.3, -0.25) is 9.69 Å². The maximum atomic E-state index is 12.0. The number of hydrogen-bond donors (Lipinski definition) is 2. The maximum Gasteiger partial charge on any atom is 0.238 e. The molecule has 0 spiro atoms. The van der Waals surface area contributed by atoms with Crippen LogP contribution in [0.1, 0.15) is 5.56 Å². The van der Waals surface area contributed by atoms with Gasteiger partial charge < -0.3 is 15.2 Å². The number of aryl methyl sites for hydroxylation is 1. The van der Waals surface area contributed by atoms with Gasteiger partial charge in [0.25, 0.3) is 0 Å². The number of hydrogen-bond acceptors (Lipinski definition) is 4. The molecule has 20 heavy (non-hydrogen) atoms. The van der Waals surface area contributed by atoms with Crippen LogP contribution in [-0.4, -0.2) is 54.9 Å². The van der Waals surface area contributed by atoms with Gasteiger partial charge in [-0.1, -0.05) is 15.9 Å². The van der Waals surface area contributed by atoms with Gasteiger partial charge in [-0.25, -0.2) is 0 Å². The van der Waals surface area contributed by atoms with E-state index >= 15 is 0 Å². The zero-order valence-corrected chi connectivity index (χ0v) is 13.0. The second kappa shape index (κ2) is 7.17. The fourth-order valence-electron chi connectivity index (χ4n) is 2.16. The summed E-state index contributed by atoms with van der Waals surface area (Å²) in [5, 5.41) is 12.0. The van der Waals surface area contributed by atoms with Crippen molar-refractivity contribution in [3.63, 3.8) is 0 Å². The van der Waals surface area contributed by atoms with E-state index in [-0.39, 0.29) is 18.6 Å². The lowest BCUT2D eigenvalue weighted by Crippen LogP contribution is -2.46. The first-order valence-corrected chi connectivity index (χ1v) is 7.38. The zero-order chi connectivity index (χ0) is 14.5. The minimum atomic E-state index is -0.188. The number of ether oxygens (including phenoxy) is 1. The number of nitrogens with zero attached hydrogens (tertiary/aromatic N) is 1. The van der Waals surface area contributed by atoms with Gasteiger partial charge >= 0.3 is 0 Å². The summed E-state index contributed by atoms with van der Waals surface area (Å²) in [5.74, 6) is -0.0506. The number of carbonyl (C=O) groups excluding carboxylic acids is 1. The molecule has 1 aliphatic heterocycles. The smallest absolute Gasteiger partial charge is 0.238 e. The number of halogens is 1. The highest BCUT2D eigenvalue weighted by molar-refractivity contribution is 9.10. The lowest BCUT2D eigenvalue weighted by atomic mass is 10.2. The summed E-state index contributed by atoms with van der Waals surface area (Å²) in [6.07, 6.45) is -0.188. The third-order valence-electron chi connectivity index (χ3n) is 3.24. The number of rotatable bonds is 4. The topological polar surface area (TPSA) is 61.8 Å². The molecule has 1 heterocycles. The Morgan fingerprint density at radius 1 is 1.60 bits per heavy atom. The zero-order valence-electron chi connectivity index (χ0n) is 11.4. The van der Waals surface area contributed by atoms with Crippen molar-refractivity contribution in [2.24, 2.45) is 0 Å². The van der Waals surface area contributed by atoms with Crippen LogP contribution in [0.5, 0.6) is 0 Å². The van der Waals surface area contributed by atoms with Crippen molar-refractivity contribution >= 4 is 27.5 Å². The molecule has 0 aliphatic carbocycles. The summed E-state index contributed by atoms with van der Waals surface area (Å²) in [4.78, 5) is 14.0.